The van der Waals surface area contributed by atoms with Crippen LogP contribution in [-0.2, 0) is 16.0 Å². The molecule has 4 rings (SSSR count). The van der Waals surface area contributed by atoms with E-state index < -0.39 is 0 Å². The molecule has 2 fully saturated rings. The minimum absolute atomic E-state index is 0.0592. The smallest absolute Gasteiger partial charge is 0.261 e. The number of hydrogen-bond donors (Lipinski definition) is 1. The second kappa shape index (κ2) is 7.06. The molecule has 0 unspecified atom stereocenters. The summed E-state index contributed by atoms with van der Waals surface area (Å²) < 4.78 is 5.81. The van der Waals surface area contributed by atoms with E-state index in [0.717, 1.165) is 43.4 Å². The van der Waals surface area contributed by atoms with Crippen molar-refractivity contribution in [1.82, 2.24) is 4.90 Å². The molecule has 0 saturated heterocycles. The number of nitrogens with one attached hydrogen (secondary N) is 1. The average molecular weight is 342 g/mol. The zero-order chi connectivity index (χ0) is 17.2. The number of fused-ring (bicyclic) bond motifs is 1. The average Bonchev–Trinajstić information content (AvgIpc) is 3.46. The van der Waals surface area contributed by atoms with Gasteiger partial charge >= 0.3 is 0 Å². The SMILES string of the molecule is O=C1CCc2cc(OCC(=O)N(C3CCCCC3)C3CC3)ccc2N1. The van der Waals surface area contributed by atoms with Crippen molar-refractivity contribution in [3.05, 3.63) is 23.8 Å². The Morgan fingerprint density at radius 3 is 2.60 bits per heavy atom. The Morgan fingerprint density at radius 1 is 1.08 bits per heavy atom. The van der Waals surface area contributed by atoms with Crippen LogP contribution in [0.3, 0.4) is 0 Å². The van der Waals surface area contributed by atoms with Gasteiger partial charge in [-0.25, -0.2) is 0 Å². The highest BCUT2D eigenvalue weighted by Gasteiger charge is 2.37. The van der Waals surface area contributed by atoms with E-state index in [1.54, 1.807) is 0 Å². The largest absolute Gasteiger partial charge is 0.484 e. The lowest BCUT2D eigenvalue weighted by Gasteiger charge is -2.34. The van der Waals surface area contributed by atoms with Gasteiger partial charge < -0.3 is 15.0 Å². The molecule has 5 nitrogen and oxygen atoms in total. The number of nitrogens with zero attached hydrogens (tertiary/aromatic N) is 1. The molecule has 1 aliphatic heterocycles. The van der Waals surface area contributed by atoms with Crippen molar-refractivity contribution in [1.29, 1.82) is 0 Å². The second-order valence-electron chi connectivity index (χ2n) is 7.48. The van der Waals surface area contributed by atoms with Crippen molar-refractivity contribution >= 4 is 17.5 Å². The van der Waals surface area contributed by atoms with E-state index in [2.05, 4.69) is 10.2 Å². The first-order chi connectivity index (χ1) is 12.2. The summed E-state index contributed by atoms with van der Waals surface area (Å²) >= 11 is 0. The number of amides is 2. The third kappa shape index (κ3) is 3.80. The molecule has 2 aliphatic carbocycles. The molecule has 5 heteroatoms. The maximum Gasteiger partial charge on any atom is 0.261 e. The summed E-state index contributed by atoms with van der Waals surface area (Å²) in [4.78, 5) is 26.3. The monoisotopic (exact) mass is 342 g/mol. The van der Waals surface area contributed by atoms with Gasteiger partial charge in [0.2, 0.25) is 5.91 Å². The Balaban J connectivity index is 1.38. The molecule has 0 atom stereocenters. The minimum Gasteiger partial charge on any atom is -0.484 e. The van der Waals surface area contributed by atoms with Crippen LogP contribution in [0.15, 0.2) is 18.2 Å². The first-order valence-electron chi connectivity index (χ1n) is 9.57. The van der Waals surface area contributed by atoms with Gasteiger partial charge in [-0.1, -0.05) is 19.3 Å². The maximum absolute atomic E-state index is 12.8. The van der Waals surface area contributed by atoms with E-state index in [1.807, 2.05) is 18.2 Å². The summed E-state index contributed by atoms with van der Waals surface area (Å²) in [7, 11) is 0. The molecule has 1 aromatic rings. The van der Waals surface area contributed by atoms with Crippen LogP contribution in [0.5, 0.6) is 5.75 Å². The summed E-state index contributed by atoms with van der Waals surface area (Å²) in [5, 5.41) is 2.87. The zero-order valence-electron chi connectivity index (χ0n) is 14.6. The van der Waals surface area contributed by atoms with Crippen LogP contribution in [-0.4, -0.2) is 35.4 Å². The second-order valence-corrected chi connectivity index (χ2v) is 7.48. The number of aryl methyl sites for hydroxylation is 1. The number of rotatable bonds is 5. The van der Waals surface area contributed by atoms with E-state index in [9.17, 15) is 9.59 Å². The van der Waals surface area contributed by atoms with Gasteiger partial charge in [-0.15, -0.1) is 0 Å². The fourth-order valence-electron chi connectivity index (χ4n) is 4.09. The van der Waals surface area contributed by atoms with Crippen LogP contribution < -0.4 is 10.1 Å². The first-order valence-corrected chi connectivity index (χ1v) is 9.57. The van der Waals surface area contributed by atoms with Gasteiger partial charge in [0, 0.05) is 24.2 Å². The van der Waals surface area contributed by atoms with Gasteiger partial charge in [-0.3, -0.25) is 9.59 Å². The van der Waals surface area contributed by atoms with Crippen LogP contribution in [0.4, 0.5) is 5.69 Å². The van der Waals surface area contributed by atoms with Gasteiger partial charge in [0.1, 0.15) is 5.75 Å². The number of benzene rings is 1. The van der Waals surface area contributed by atoms with E-state index in [0.29, 0.717) is 24.3 Å². The Hall–Kier alpha value is -2.04. The molecule has 0 spiro atoms. The first kappa shape index (κ1) is 16.4. The minimum atomic E-state index is 0.0592. The highest BCUT2D eigenvalue weighted by Crippen LogP contribution is 2.34. The summed E-state index contributed by atoms with van der Waals surface area (Å²) in [6.45, 7) is 0.109. The Labute approximate surface area is 148 Å². The fraction of sp³-hybridized carbons (Fsp3) is 0.600. The third-order valence-electron chi connectivity index (χ3n) is 5.53. The van der Waals surface area contributed by atoms with Crippen LogP contribution in [0, 0.1) is 0 Å². The molecule has 0 bridgehead atoms. The predicted molar refractivity (Wildman–Crippen MR) is 95.6 cm³/mol. The number of ether oxygens (including phenoxy) is 1. The van der Waals surface area contributed by atoms with Gasteiger partial charge in [-0.2, -0.15) is 0 Å². The van der Waals surface area contributed by atoms with Crippen molar-refractivity contribution in [2.24, 2.45) is 0 Å². The number of carbonyl (C=O) groups is 2. The molecule has 3 aliphatic rings. The predicted octanol–water partition coefficient (Wildman–Crippen LogP) is 3.27. The molecule has 1 N–H and O–H groups in total. The molecular weight excluding hydrogens is 316 g/mol. The topological polar surface area (TPSA) is 58.6 Å². The van der Waals surface area contributed by atoms with Gasteiger partial charge in [0.15, 0.2) is 6.61 Å². The highest BCUT2D eigenvalue weighted by atomic mass is 16.5. The third-order valence-corrected chi connectivity index (χ3v) is 5.53. The van der Waals surface area contributed by atoms with E-state index in [-0.39, 0.29) is 18.4 Å². The van der Waals surface area contributed by atoms with Crippen LogP contribution in [0.25, 0.3) is 0 Å². The number of hydrogen-bond acceptors (Lipinski definition) is 3. The van der Waals surface area contributed by atoms with Crippen LogP contribution in [0.1, 0.15) is 56.9 Å². The van der Waals surface area contributed by atoms with Gasteiger partial charge in [-0.05, 0) is 55.9 Å². The number of carbonyl (C=O) groups excluding carboxylic acids is 2. The van der Waals surface area contributed by atoms with Crippen molar-refractivity contribution in [2.45, 2.75) is 69.9 Å². The molecule has 2 saturated carbocycles. The molecule has 25 heavy (non-hydrogen) atoms. The van der Waals surface area contributed by atoms with Crippen LogP contribution >= 0.6 is 0 Å². The van der Waals surface area contributed by atoms with E-state index in [4.69, 9.17) is 4.74 Å². The normalized spacial score (nSPS) is 20.6. The lowest BCUT2D eigenvalue weighted by atomic mass is 9.94. The molecule has 1 heterocycles. The van der Waals surface area contributed by atoms with Crippen molar-refractivity contribution in [3.63, 3.8) is 0 Å². The molecular formula is C20H26N2O3. The summed E-state index contributed by atoms with van der Waals surface area (Å²) in [5.41, 5.74) is 1.94. The summed E-state index contributed by atoms with van der Waals surface area (Å²) in [6, 6.07) is 6.50. The lowest BCUT2D eigenvalue weighted by Crippen LogP contribution is -2.45. The fourth-order valence-corrected chi connectivity index (χ4v) is 4.09. The van der Waals surface area contributed by atoms with Crippen LogP contribution in [0.2, 0.25) is 0 Å². The molecule has 0 aromatic heterocycles. The lowest BCUT2D eigenvalue weighted by molar-refractivity contribution is -0.137. The summed E-state index contributed by atoms with van der Waals surface area (Å²) in [6.07, 6.45) is 9.56. The Kier molecular flexibility index (Phi) is 4.64. The molecule has 1 aromatic carbocycles. The highest BCUT2D eigenvalue weighted by molar-refractivity contribution is 5.94. The molecule has 2 amide bonds. The Bertz CT molecular complexity index is 663. The van der Waals surface area contributed by atoms with Gasteiger partial charge in [0.25, 0.3) is 5.91 Å². The van der Waals surface area contributed by atoms with Crippen molar-refractivity contribution in [2.75, 3.05) is 11.9 Å². The van der Waals surface area contributed by atoms with Crippen molar-refractivity contribution in [3.8, 4) is 5.75 Å². The van der Waals surface area contributed by atoms with E-state index >= 15 is 0 Å². The maximum atomic E-state index is 12.8. The van der Waals surface area contributed by atoms with Crippen molar-refractivity contribution < 1.29 is 14.3 Å². The summed E-state index contributed by atoms with van der Waals surface area (Å²) in [5.74, 6) is 0.895. The zero-order valence-corrected chi connectivity index (χ0v) is 14.6. The van der Waals surface area contributed by atoms with Gasteiger partial charge in [0.05, 0.1) is 0 Å². The number of anilines is 1. The Morgan fingerprint density at radius 2 is 1.84 bits per heavy atom. The molecule has 134 valence electrons. The quantitative estimate of drug-likeness (QED) is 0.893. The van der Waals surface area contributed by atoms with E-state index in [1.165, 1.54) is 19.3 Å². The standard InChI is InChI=1S/C20H26N2O3/c23-19-11-6-14-12-17(9-10-18(14)21-19)25-13-20(24)22(16-7-8-16)15-4-2-1-3-5-15/h9-10,12,15-16H,1-8,11,13H2,(H,21,23). The molecule has 0 radical (unpaired) electrons.